The van der Waals surface area contributed by atoms with Crippen molar-refractivity contribution in [2.24, 2.45) is 0 Å². The minimum atomic E-state index is 0.571. The molecule has 2 aromatic heterocycles. The van der Waals surface area contributed by atoms with Crippen LogP contribution in [0, 0.1) is 32.1 Å². The molecule has 0 aliphatic heterocycles. The first kappa shape index (κ1) is 12.1. The van der Waals surface area contributed by atoms with Crippen molar-refractivity contribution in [3.63, 3.8) is 0 Å². The molecule has 0 aromatic carbocycles. The maximum atomic E-state index is 9.17. The Morgan fingerprint density at radius 3 is 2.56 bits per heavy atom. The summed E-state index contributed by atoms with van der Waals surface area (Å²) in [4.78, 5) is 8.56. The minimum Gasteiger partial charge on any atom is -0.338 e. The number of nitrogens with one attached hydrogen (secondary N) is 1. The molecule has 0 aliphatic rings. The van der Waals surface area contributed by atoms with Crippen LogP contribution < -0.4 is 5.32 Å². The number of aryl methyl sites for hydroxylation is 3. The molecule has 0 unspecified atom stereocenters. The number of nitriles is 1. The number of hydrogen-bond donors (Lipinski definition) is 1. The topological polar surface area (TPSA) is 61.6 Å². The van der Waals surface area contributed by atoms with E-state index in [1.54, 1.807) is 6.20 Å². The standard InChI is InChI=1S/C14H14N4/c1-9-6-11(3)17-14(13(9)7-15)18-12-5-4-10(2)16-8-12/h4-6,8H,1-3H3,(H,17,18). The average Bonchev–Trinajstić information content (AvgIpc) is 2.32. The summed E-state index contributed by atoms with van der Waals surface area (Å²) in [5.41, 5.74) is 4.16. The molecule has 0 fully saturated rings. The van der Waals surface area contributed by atoms with Crippen molar-refractivity contribution >= 4 is 11.5 Å². The van der Waals surface area contributed by atoms with E-state index >= 15 is 0 Å². The summed E-state index contributed by atoms with van der Waals surface area (Å²) >= 11 is 0. The summed E-state index contributed by atoms with van der Waals surface area (Å²) in [5, 5.41) is 12.3. The van der Waals surface area contributed by atoms with Gasteiger partial charge < -0.3 is 5.32 Å². The molecule has 1 N–H and O–H groups in total. The zero-order valence-corrected chi connectivity index (χ0v) is 10.7. The highest BCUT2D eigenvalue weighted by molar-refractivity contribution is 5.64. The third-order valence-corrected chi connectivity index (χ3v) is 2.63. The van der Waals surface area contributed by atoms with Gasteiger partial charge in [0, 0.05) is 11.4 Å². The Kier molecular flexibility index (Phi) is 3.24. The Morgan fingerprint density at radius 2 is 1.94 bits per heavy atom. The van der Waals surface area contributed by atoms with Crippen molar-refractivity contribution < 1.29 is 0 Å². The molecule has 2 rings (SSSR count). The summed E-state index contributed by atoms with van der Waals surface area (Å²) < 4.78 is 0. The third kappa shape index (κ3) is 2.46. The van der Waals surface area contributed by atoms with Crippen LogP contribution in [0.1, 0.15) is 22.5 Å². The number of pyridine rings is 2. The molecule has 0 aliphatic carbocycles. The van der Waals surface area contributed by atoms with E-state index in [4.69, 9.17) is 5.26 Å². The second kappa shape index (κ2) is 4.84. The van der Waals surface area contributed by atoms with Crippen molar-refractivity contribution in [1.82, 2.24) is 9.97 Å². The predicted molar refractivity (Wildman–Crippen MR) is 70.7 cm³/mol. The Bertz CT molecular complexity index is 609. The van der Waals surface area contributed by atoms with Crippen LogP contribution in [-0.2, 0) is 0 Å². The average molecular weight is 238 g/mol. The van der Waals surface area contributed by atoms with Gasteiger partial charge in [0.15, 0.2) is 0 Å². The van der Waals surface area contributed by atoms with E-state index in [2.05, 4.69) is 21.4 Å². The lowest BCUT2D eigenvalue weighted by Gasteiger charge is -2.10. The molecule has 4 heteroatoms. The molecule has 0 atom stereocenters. The molecular formula is C14H14N4. The molecule has 0 saturated heterocycles. The third-order valence-electron chi connectivity index (χ3n) is 2.63. The van der Waals surface area contributed by atoms with Gasteiger partial charge in [0.25, 0.3) is 0 Å². The molecule has 0 amide bonds. The molecule has 18 heavy (non-hydrogen) atoms. The normalized spacial score (nSPS) is 9.89. The highest BCUT2D eigenvalue weighted by atomic mass is 15.0. The van der Waals surface area contributed by atoms with Crippen LogP contribution in [0.25, 0.3) is 0 Å². The van der Waals surface area contributed by atoms with Crippen LogP contribution in [0.4, 0.5) is 11.5 Å². The largest absolute Gasteiger partial charge is 0.338 e. The first-order chi connectivity index (χ1) is 8.60. The lowest BCUT2D eigenvalue weighted by atomic mass is 10.1. The highest BCUT2D eigenvalue weighted by Gasteiger charge is 2.08. The van der Waals surface area contributed by atoms with E-state index in [0.717, 1.165) is 22.6 Å². The number of hydrogen-bond acceptors (Lipinski definition) is 4. The maximum absolute atomic E-state index is 9.17. The summed E-state index contributed by atoms with van der Waals surface area (Å²) in [6.45, 7) is 5.75. The SMILES string of the molecule is Cc1ccc(Nc2nc(C)cc(C)c2C#N)cn1. The maximum Gasteiger partial charge on any atom is 0.148 e. The number of anilines is 2. The van der Waals surface area contributed by atoms with E-state index in [1.807, 2.05) is 39.0 Å². The van der Waals surface area contributed by atoms with Crippen LogP contribution in [0.15, 0.2) is 24.4 Å². The zero-order chi connectivity index (χ0) is 13.1. The van der Waals surface area contributed by atoms with Crippen LogP contribution in [0.2, 0.25) is 0 Å². The lowest BCUT2D eigenvalue weighted by Crippen LogP contribution is -2.01. The molecule has 0 radical (unpaired) electrons. The van der Waals surface area contributed by atoms with Crippen molar-refractivity contribution in [3.8, 4) is 6.07 Å². The second-order valence-corrected chi connectivity index (χ2v) is 4.23. The molecule has 90 valence electrons. The van der Waals surface area contributed by atoms with Crippen molar-refractivity contribution in [2.45, 2.75) is 20.8 Å². The molecule has 4 nitrogen and oxygen atoms in total. The first-order valence-corrected chi connectivity index (χ1v) is 5.68. The first-order valence-electron chi connectivity index (χ1n) is 5.68. The van der Waals surface area contributed by atoms with Gasteiger partial charge in [-0.15, -0.1) is 0 Å². The monoisotopic (exact) mass is 238 g/mol. The van der Waals surface area contributed by atoms with Gasteiger partial charge in [-0.2, -0.15) is 5.26 Å². The van der Waals surface area contributed by atoms with Crippen LogP contribution >= 0.6 is 0 Å². The summed E-state index contributed by atoms with van der Waals surface area (Å²) in [5.74, 6) is 0.584. The number of rotatable bonds is 2. The predicted octanol–water partition coefficient (Wildman–Crippen LogP) is 3.02. The van der Waals surface area contributed by atoms with Crippen LogP contribution in [-0.4, -0.2) is 9.97 Å². The zero-order valence-electron chi connectivity index (χ0n) is 10.7. The van der Waals surface area contributed by atoms with E-state index in [0.29, 0.717) is 11.4 Å². The number of aromatic nitrogens is 2. The minimum absolute atomic E-state index is 0.571. The highest BCUT2D eigenvalue weighted by Crippen LogP contribution is 2.21. The van der Waals surface area contributed by atoms with Gasteiger partial charge in [-0.1, -0.05) is 0 Å². The molecule has 0 saturated carbocycles. The molecule has 2 aromatic rings. The Hall–Kier alpha value is -2.41. The summed E-state index contributed by atoms with van der Waals surface area (Å²) in [7, 11) is 0. The van der Waals surface area contributed by atoms with E-state index < -0.39 is 0 Å². The molecule has 2 heterocycles. The Labute approximate surface area is 106 Å². The van der Waals surface area contributed by atoms with Crippen LogP contribution in [0.5, 0.6) is 0 Å². The quantitative estimate of drug-likeness (QED) is 0.873. The lowest BCUT2D eigenvalue weighted by molar-refractivity contribution is 1.15. The van der Waals surface area contributed by atoms with Gasteiger partial charge in [0.05, 0.1) is 17.4 Å². The number of nitrogens with zero attached hydrogens (tertiary/aromatic N) is 3. The molecule has 0 bridgehead atoms. The Morgan fingerprint density at radius 1 is 1.17 bits per heavy atom. The van der Waals surface area contributed by atoms with E-state index in [-0.39, 0.29) is 0 Å². The summed E-state index contributed by atoms with van der Waals surface area (Å²) in [6, 6.07) is 7.91. The molecule has 0 spiro atoms. The van der Waals surface area contributed by atoms with Gasteiger partial charge >= 0.3 is 0 Å². The van der Waals surface area contributed by atoms with E-state index in [1.165, 1.54) is 0 Å². The fourth-order valence-corrected chi connectivity index (χ4v) is 1.75. The Balaban J connectivity index is 2.40. The van der Waals surface area contributed by atoms with E-state index in [9.17, 15) is 0 Å². The van der Waals surface area contributed by atoms with Gasteiger partial charge in [0.1, 0.15) is 11.9 Å². The van der Waals surface area contributed by atoms with Crippen molar-refractivity contribution in [2.75, 3.05) is 5.32 Å². The van der Waals surface area contributed by atoms with Crippen molar-refractivity contribution in [3.05, 3.63) is 46.9 Å². The summed E-state index contributed by atoms with van der Waals surface area (Å²) in [6.07, 6.45) is 1.73. The van der Waals surface area contributed by atoms with Gasteiger partial charge in [-0.05, 0) is 44.5 Å². The van der Waals surface area contributed by atoms with Gasteiger partial charge in [-0.25, -0.2) is 4.98 Å². The van der Waals surface area contributed by atoms with Crippen molar-refractivity contribution in [1.29, 1.82) is 5.26 Å². The van der Waals surface area contributed by atoms with Gasteiger partial charge in [0.2, 0.25) is 0 Å². The molecular weight excluding hydrogens is 224 g/mol. The fraction of sp³-hybridized carbons (Fsp3) is 0.214. The second-order valence-electron chi connectivity index (χ2n) is 4.23. The van der Waals surface area contributed by atoms with Gasteiger partial charge in [-0.3, -0.25) is 4.98 Å². The smallest absolute Gasteiger partial charge is 0.148 e. The van der Waals surface area contributed by atoms with Crippen LogP contribution in [0.3, 0.4) is 0 Å². The fourth-order valence-electron chi connectivity index (χ4n) is 1.75.